The normalized spacial score (nSPS) is 29.6. The summed E-state index contributed by atoms with van der Waals surface area (Å²) in [5, 5.41) is 3.32. The van der Waals surface area contributed by atoms with Crippen LogP contribution in [0.2, 0.25) is 0 Å². The zero-order valence-corrected chi connectivity index (χ0v) is 15.1. The average Bonchev–Trinajstić information content (AvgIpc) is 2.68. The first kappa shape index (κ1) is 16.9. The van der Waals surface area contributed by atoms with Crippen LogP contribution in [0.3, 0.4) is 0 Å². The third kappa shape index (κ3) is 4.15. The Hall–Kier alpha value is -1.59. The predicted molar refractivity (Wildman–Crippen MR) is 99.6 cm³/mol. The third-order valence-electron chi connectivity index (χ3n) is 6.18. The Kier molecular flexibility index (Phi) is 5.22. The molecule has 5 nitrogen and oxygen atoms in total. The van der Waals surface area contributed by atoms with Crippen LogP contribution in [0.5, 0.6) is 0 Å². The molecule has 25 heavy (non-hydrogen) atoms. The zero-order valence-electron chi connectivity index (χ0n) is 15.1. The van der Waals surface area contributed by atoms with Crippen molar-refractivity contribution in [2.45, 2.75) is 25.3 Å². The van der Waals surface area contributed by atoms with Crippen molar-refractivity contribution < 1.29 is 4.79 Å². The molecule has 2 bridgehead atoms. The maximum absolute atomic E-state index is 12.6. The lowest BCUT2D eigenvalue weighted by atomic mass is 9.84. The van der Waals surface area contributed by atoms with Crippen molar-refractivity contribution in [2.24, 2.45) is 5.92 Å². The quantitative estimate of drug-likeness (QED) is 0.904. The molecule has 5 heteroatoms. The van der Waals surface area contributed by atoms with Crippen LogP contribution in [-0.2, 0) is 6.42 Å². The van der Waals surface area contributed by atoms with Gasteiger partial charge in [0.2, 0.25) is 0 Å². The van der Waals surface area contributed by atoms with Crippen molar-refractivity contribution in [3.63, 3.8) is 0 Å². The largest absolute Gasteiger partial charge is 0.334 e. The molecule has 4 saturated heterocycles. The molecule has 0 radical (unpaired) electrons. The molecule has 1 aromatic rings. The number of hydrogen-bond donors (Lipinski definition) is 1. The van der Waals surface area contributed by atoms with E-state index in [-0.39, 0.29) is 6.03 Å². The number of carbonyl (C=O) groups is 1. The summed E-state index contributed by atoms with van der Waals surface area (Å²) in [7, 11) is 0. The lowest BCUT2D eigenvalue weighted by molar-refractivity contribution is 0.0698. The van der Waals surface area contributed by atoms with E-state index in [4.69, 9.17) is 0 Å². The Balaban J connectivity index is 1.20. The molecule has 136 valence electrons. The van der Waals surface area contributed by atoms with Gasteiger partial charge in [-0.2, -0.15) is 0 Å². The molecule has 0 aliphatic carbocycles. The maximum atomic E-state index is 12.6. The van der Waals surface area contributed by atoms with E-state index in [0.29, 0.717) is 12.0 Å². The first-order chi connectivity index (χ1) is 12.3. The van der Waals surface area contributed by atoms with Crippen LogP contribution in [-0.4, -0.2) is 79.1 Å². The molecule has 1 aromatic carbocycles. The fourth-order valence-electron chi connectivity index (χ4n) is 4.48. The Morgan fingerprint density at radius 1 is 1.00 bits per heavy atom. The van der Waals surface area contributed by atoms with Gasteiger partial charge in [-0.05, 0) is 43.8 Å². The molecule has 0 aromatic heterocycles. The molecule has 0 spiro atoms. The molecule has 4 aliphatic rings. The molecule has 0 unspecified atom stereocenters. The Morgan fingerprint density at radius 2 is 1.72 bits per heavy atom. The lowest BCUT2D eigenvalue weighted by Gasteiger charge is -2.45. The Bertz CT molecular complexity index is 562. The van der Waals surface area contributed by atoms with E-state index in [0.717, 1.165) is 45.7 Å². The smallest absolute Gasteiger partial charge is 0.317 e. The predicted octanol–water partition coefficient (Wildman–Crippen LogP) is 1.65. The van der Waals surface area contributed by atoms with E-state index in [1.807, 2.05) is 4.90 Å². The number of urea groups is 1. The van der Waals surface area contributed by atoms with Crippen molar-refractivity contribution in [2.75, 3.05) is 52.4 Å². The van der Waals surface area contributed by atoms with Gasteiger partial charge < -0.3 is 15.1 Å². The summed E-state index contributed by atoms with van der Waals surface area (Å²) in [6.07, 6.45) is 3.59. The summed E-state index contributed by atoms with van der Waals surface area (Å²) >= 11 is 0. The van der Waals surface area contributed by atoms with Crippen LogP contribution in [0.1, 0.15) is 18.4 Å². The van der Waals surface area contributed by atoms with Crippen molar-refractivity contribution in [1.29, 1.82) is 0 Å². The highest BCUT2D eigenvalue weighted by Crippen LogP contribution is 2.27. The van der Waals surface area contributed by atoms with Crippen LogP contribution in [0.25, 0.3) is 0 Å². The minimum Gasteiger partial charge on any atom is -0.334 e. The average molecular weight is 342 g/mol. The number of amides is 2. The van der Waals surface area contributed by atoms with Crippen molar-refractivity contribution in [3.8, 4) is 0 Å². The van der Waals surface area contributed by atoms with Crippen molar-refractivity contribution >= 4 is 6.03 Å². The number of nitrogens with zero attached hydrogens (tertiary/aromatic N) is 3. The number of fused-ring (bicyclic) bond motifs is 3. The van der Waals surface area contributed by atoms with Gasteiger partial charge in [-0.25, -0.2) is 4.79 Å². The molecule has 4 aliphatic heterocycles. The summed E-state index contributed by atoms with van der Waals surface area (Å²) in [4.78, 5) is 19.6. The van der Waals surface area contributed by atoms with Gasteiger partial charge >= 0.3 is 6.03 Å². The third-order valence-corrected chi connectivity index (χ3v) is 6.18. The second-order valence-electron chi connectivity index (χ2n) is 7.76. The van der Waals surface area contributed by atoms with Gasteiger partial charge in [0.25, 0.3) is 0 Å². The standard InChI is InChI=1S/C20H30N4O/c25-20(21-19-16-23-10-7-18(19)8-11-23)24-14-12-22(13-15-24)9-6-17-4-2-1-3-5-17/h1-5,18-19H,6-16H2,(H,21,25)/t19-/m1/s1. The van der Waals surface area contributed by atoms with Gasteiger partial charge in [-0.3, -0.25) is 4.90 Å². The van der Waals surface area contributed by atoms with E-state index >= 15 is 0 Å². The number of hydrogen-bond acceptors (Lipinski definition) is 3. The highest BCUT2D eigenvalue weighted by molar-refractivity contribution is 5.74. The van der Waals surface area contributed by atoms with E-state index < -0.39 is 0 Å². The summed E-state index contributed by atoms with van der Waals surface area (Å²) in [5.41, 5.74) is 1.39. The fraction of sp³-hybridized carbons (Fsp3) is 0.650. The second-order valence-corrected chi connectivity index (χ2v) is 7.76. The molecule has 4 heterocycles. The molecular weight excluding hydrogens is 312 g/mol. The number of piperidine rings is 3. The van der Waals surface area contributed by atoms with Crippen LogP contribution >= 0.6 is 0 Å². The van der Waals surface area contributed by atoms with Crippen molar-refractivity contribution in [1.82, 2.24) is 20.0 Å². The summed E-state index contributed by atoms with van der Waals surface area (Å²) < 4.78 is 0. The van der Waals surface area contributed by atoms with Crippen LogP contribution in [0.4, 0.5) is 4.79 Å². The molecular formula is C20H30N4O. The molecule has 1 N–H and O–H groups in total. The van der Waals surface area contributed by atoms with Gasteiger partial charge in [0.1, 0.15) is 0 Å². The number of benzene rings is 1. The van der Waals surface area contributed by atoms with Crippen molar-refractivity contribution in [3.05, 3.63) is 35.9 Å². The van der Waals surface area contributed by atoms with Gasteiger partial charge in [0.05, 0.1) is 0 Å². The SMILES string of the molecule is O=C(N[C@@H]1CN2CCC1CC2)N1CCN(CCc2ccccc2)CC1. The van der Waals surface area contributed by atoms with E-state index in [2.05, 4.69) is 45.4 Å². The van der Waals surface area contributed by atoms with Crippen LogP contribution in [0, 0.1) is 5.92 Å². The Morgan fingerprint density at radius 3 is 2.36 bits per heavy atom. The topological polar surface area (TPSA) is 38.8 Å². The molecule has 4 fully saturated rings. The van der Waals surface area contributed by atoms with E-state index in [1.54, 1.807) is 0 Å². The fourth-order valence-corrected chi connectivity index (χ4v) is 4.48. The number of piperazine rings is 1. The number of nitrogens with one attached hydrogen (secondary N) is 1. The highest BCUT2D eigenvalue weighted by Gasteiger charge is 2.35. The monoisotopic (exact) mass is 342 g/mol. The minimum absolute atomic E-state index is 0.154. The van der Waals surface area contributed by atoms with Gasteiger partial charge in [0, 0.05) is 45.3 Å². The van der Waals surface area contributed by atoms with E-state index in [9.17, 15) is 4.79 Å². The highest BCUT2D eigenvalue weighted by atomic mass is 16.2. The van der Waals surface area contributed by atoms with Gasteiger partial charge in [-0.15, -0.1) is 0 Å². The number of carbonyl (C=O) groups excluding carboxylic acids is 1. The first-order valence-electron chi connectivity index (χ1n) is 9.82. The van der Waals surface area contributed by atoms with Crippen LogP contribution < -0.4 is 5.32 Å². The number of rotatable bonds is 4. The van der Waals surface area contributed by atoms with Crippen LogP contribution in [0.15, 0.2) is 30.3 Å². The summed E-state index contributed by atoms with van der Waals surface area (Å²) in [6, 6.07) is 11.2. The first-order valence-corrected chi connectivity index (χ1v) is 9.82. The maximum Gasteiger partial charge on any atom is 0.317 e. The summed E-state index contributed by atoms with van der Waals surface area (Å²) in [5.74, 6) is 0.695. The second kappa shape index (κ2) is 7.75. The Labute approximate surface area is 151 Å². The molecule has 2 amide bonds. The van der Waals surface area contributed by atoms with Gasteiger partial charge in [-0.1, -0.05) is 30.3 Å². The molecule has 0 saturated carbocycles. The summed E-state index contributed by atoms with van der Waals surface area (Å²) in [6.45, 7) is 8.24. The molecule has 5 rings (SSSR count). The molecule has 1 atom stereocenters. The zero-order chi connectivity index (χ0) is 17.1. The van der Waals surface area contributed by atoms with E-state index in [1.165, 1.54) is 31.5 Å². The van der Waals surface area contributed by atoms with Gasteiger partial charge in [0.15, 0.2) is 0 Å². The minimum atomic E-state index is 0.154. The lowest BCUT2D eigenvalue weighted by Crippen LogP contribution is -2.60.